The first-order valence-corrected chi connectivity index (χ1v) is 8.61. The van der Waals surface area contributed by atoms with Gasteiger partial charge in [0.15, 0.2) is 0 Å². The lowest BCUT2D eigenvalue weighted by Gasteiger charge is -2.06. The van der Waals surface area contributed by atoms with Gasteiger partial charge < -0.3 is 10.3 Å². The van der Waals surface area contributed by atoms with Gasteiger partial charge in [-0.15, -0.1) is 0 Å². The van der Waals surface area contributed by atoms with Crippen molar-refractivity contribution in [1.82, 2.24) is 19.4 Å². The average Bonchev–Trinajstić information content (AvgIpc) is 3.17. The van der Waals surface area contributed by atoms with Crippen molar-refractivity contribution in [3.63, 3.8) is 0 Å². The van der Waals surface area contributed by atoms with Crippen LogP contribution in [0.3, 0.4) is 0 Å². The third-order valence-electron chi connectivity index (χ3n) is 4.74. The van der Waals surface area contributed by atoms with Gasteiger partial charge in [0.2, 0.25) is 5.91 Å². The highest BCUT2D eigenvalue weighted by Gasteiger charge is 2.13. The highest BCUT2D eigenvalue weighted by atomic mass is 16.2. The molecule has 2 aromatic heterocycles. The summed E-state index contributed by atoms with van der Waals surface area (Å²) in [5.41, 5.74) is 3.67. The standard InChI is InChI=1S/C20H20N4O2/c1-23-17-8-4-5-9-18(17)24(20(23)26)13-19(25)21-11-10-14-12-22-16-7-3-2-6-15(14)16/h2-9,12,22H,10-11,13H2,1H3,(H,21,25). The molecule has 2 aromatic carbocycles. The number of para-hydroxylation sites is 3. The average molecular weight is 348 g/mol. The minimum absolute atomic E-state index is 0.0219. The predicted octanol–water partition coefficient (Wildman–Crippen LogP) is 2.18. The lowest BCUT2D eigenvalue weighted by molar-refractivity contribution is -0.121. The summed E-state index contributed by atoms with van der Waals surface area (Å²) in [5, 5.41) is 4.09. The van der Waals surface area contributed by atoms with E-state index in [-0.39, 0.29) is 18.1 Å². The molecule has 2 N–H and O–H groups in total. The number of aryl methyl sites for hydroxylation is 1. The maximum Gasteiger partial charge on any atom is 0.329 e. The number of H-pyrrole nitrogens is 1. The summed E-state index contributed by atoms with van der Waals surface area (Å²) in [4.78, 5) is 27.9. The number of hydrogen-bond donors (Lipinski definition) is 2. The molecule has 0 unspecified atom stereocenters. The van der Waals surface area contributed by atoms with Crippen LogP contribution in [0.25, 0.3) is 21.9 Å². The van der Waals surface area contributed by atoms with Gasteiger partial charge in [0, 0.05) is 30.7 Å². The van der Waals surface area contributed by atoms with E-state index in [0.29, 0.717) is 6.54 Å². The molecule has 0 aliphatic carbocycles. The number of rotatable bonds is 5. The minimum atomic E-state index is -0.182. The Balaban J connectivity index is 1.44. The molecular formula is C20H20N4O2. The zero-order valence-corrected chi connectivity index (χ0v) is 14.5. The second kappa shape index (κ2) is 6.55. The maximum atomic E-state index is 12.4. The topological polar surface area (TPSA) is 71.8 Å². The normalized spacial score (nSPS) is 11.3. The maximum absolute atomic E-state index is 12.4. The third-order valence-corrected chi connectivity index (χ3v) is 4.74. The summed E-state index contributed by atoms with van der Waals surface area (Å²) in [6.45, 7) is 0.550. The Bertz CT molecular complexity index is 1150. The molecule has 4 aromatic rings. The van der Waals surface area contributed by atoms with Crippen LogP contribution in [0.5, 0.6) is 0 Å². The lowest BCUT2D eigenvalue weighted by atomic mass is 10.1. The summed E-state index contributed by atoms with van der Waals surface area (Å²) in [6.07, 6.45) is 2.71. The van der Waals surface area contributed by atoms with E-state index >= 15 is 0 Å². The second-order valence-corrected chi connectivity index (χ2v) is 6.38. The van der Waals surface area contributed by atoms with E-state index in [0.717, 1.165) is 23.0 Å². The number of nitrogens with one attached hydrogen (secondary N) is 2. The molecule has 0 saturated heterocycles. The molecule has 0 fully saturated rings. The van der Waals surface area contributed by atoms with Crippen LogP contribution in [0.1, 0.15) is 5.56 Å². The summed E-state index contributed by atoms with van der Waals surface area (Å²) in [6, 6.07) is 15.6. The number of carbonyl (C=O) groups is 1. The van der Waals surface area contributed by atoms with Gasteiger partial charge in [0.25, 0.3) is 0 Å². The second-order valence-electron chi connectivity index (χ2n) is 6.38. The van der Waals surface area contributed by atoms with Crippen LogP contribution in [-0.2, 0) is 24.8 Å². The van der Waals surface area contributed by atoms with Crippen molar-refractivity contribution in [2.24, 2.45) is 7.05 Å². The fourth-order valence-electron chi connectivity index (χ4n) is 3.39. The van der Waals surface area contributed by atoms with Crippen LogP contribution in [0, 0.1) is 0 Å². The summed E-state index contributed by atoms with van der Waals surface area (Å²) < 4.78 is 3.07. The lowest BCUT2D eigenvalue weighted by Crippen LogP contribution is -2.33. The highest BCUT2D eigenvalue weighted by Crippen LogP contribution is 2.17. The van der Waals surface area contributed by atoms with Gasteiger partial charge in [-0.05, 0) is 30.2 Å². The van der Waals surface area contributed by atoms with E-state index in [1.807, 2.05) is 48.7 Å². The molecule has 6 nitrogen and oxygen atoms in total. The molecule has 132 valence electrons. The Morgan fingerprint density at radius 2 is 1.81 bits per heavy atom. The number of nitrogens with zero attached hydrogens (tertiary/aromatic N) is 2. The molecule has 1 amide bonds. The molecule has 0 radical (unpaired) electrons. The van der Waals surface area contributed by atoms with Gasteiger partial charge in [-0.25, -0.2) is 4.79 Å². The minimum Gasteiger partial charge on any atom is -0.361 e. The quantitative estimate of drug-likeness (QED) is 0.580. The molecule has 2 heterocycles. The summed E-state index contributed by atoms with van der Waals surface area (Å²) in [7, 11) is 1.72. The number of hydrogen-bond acceptors (Lipinski definition) is 2. The Kier molecular flexibility index (Phi) is 4.08. The Morgan fingerprint density at radius 1 is 1.08 bits per heavy atom. The number of benzene rings is 2. The first-order chi connectivity index (χ1) is 12.6. The predicted molar refractivity (Wildman–Crippen MR) is 102 cm³/mol. The SMILES string of the molecule is Cn1c(=O)n(CC(=O)NCCc2c[nH]c3ccccc23)c2ccccc21. The smallest absolute Gasteiger partial charge is 0.329 e. The Hall–Kier alpha value is -3.28. The summed E-state index contributed by atoms with van der Waals surface area (Å²) >= 11 is 0. The van der Waals surface area contributed by atoms with Crippen LogP contribution in [0.2, 0.25) is 0 Å². The number of aromatic nitrogens is 3. The number of imidazole rings is 1. The van der Waals surface area contributed by atoms with E-state index in [2.05, 4.69) is 16.4 Å². The molecule has 0 aliphatic rings. The highest BCUT2D eigenvalue weighted by molar-refractivity contribution is 5.83. The molecule has 26 heavy (non-hydrogen) atoms. The van der Waals surface area contributed by atoms with Crippen molar-refractivity contribution < 1.29 is 4.79 Å². The molecular weight excluding hydrogens is 328 g/mol. The molecule has 6 heteroatoms. The molecule has 0 bridgehead atoms. The Labute approximate surface area is 150 Å². The van der Waals surface area contributed by atoms with Crippen molar-refractivity contribution >= 4 is 27.8 Å². The van der Waals surface area contributed by atoms with E-state index in [4.69, 9.17) is 0 Å². The van der Waals surface area contributed by atoms with Gasteiger partial charge >= 0.3 is 5.69 Å². The summed E-state index contributed by atoms with van der Waals surface area (Å²) in [5.74, 6) is -0.164. The molecule has 0 spiro atoms. The third kappa shape index (κ3) is 2.79. The van der Waals surface area contributed by atoms with E-state index in [1.54, 1.807) is 11.6 Å². The number of fused-ring (bicyclic) bond motifs is 2. The van der Waals surface area contributed by atoms with Gasteiger partial charge in [0.05, 0.1) is 11.0 Å². The van der Waals surface area contributed by atoms with Gasteiger partial charge in [0.1, 0.15) is 6.54 Å². The van der Waals surface area contributed by atoms with Crippen LogP contribution in [0.15, 0.2) is 59.5 Å². The van der Waals surface area contributed by atoms with Crippen molar-refractivity contribution in [2.75, 3.05) is 6.54 Å². The zero-order valence-electron chi connectivity index (χ0n) is 14.5. The van der Waals surface area contributed by atoms with E-state index < -0.39 is 0 Å². The van der Waals surface area contributed by atoms with E-state index in [1.165, 1.54) is 15.5 Å². The molecule has 0 saturated carbocycles. The van der Waals surface area contributed by atoms with Crippen LogP contribution < -0.4 is 11.0 Å². The first kappa shape index (κ1) is 16.2. The van der Waals surface area contributed by atoms with Crippen molar-refractivity contribution in [3.05, 3.63) is 70.8 Å². The van der Waals surface area contributed by atoms with Crippen LogP contribution in [0.4, 0.5) is 0 Å². The Morgan fingerprint density at radius 3 is 2.65 bits per heavy atom. The first-order valence-electron chi connectivity index (χ1n) is 8.61. The van der Waals surface area contributed by atoms with Crippen molar-refractivity contribution in [2.45, 2.75) is 13.0 Å². The van der Waals surface area contributed by atoms with Crippen molar-refractivity contribution in [1.29, 1.82) is 0 Å². The number of aromatic amines is 1. The van der Waals surface area contributed by atoms with Crippen LogP contribution >= 0.6 is 0 Å². The molecule has 0 aliphatic heterocycles. The van der Waals surface area contributed by atoms with Gasteiger partial charge in [-0.3, -0.25) is 13.9 Å². The van der Waals surface area contributed by atoms with Crippen LogP contribution in [-0.4, -0.2) is 26.6 Å². The number of carbonyl (C=O) groups excluding carboxylic acids is 1. The van der Waals surface area contributed by atoms with Gasteiger partial charge in [-0.2, -0.15) is 0 Å². The largest absolute Gasteiger partial charge is 0.361 e. The van der Waals surface area contributed by atoms with Gasteiger partial charge in [-0.1, -0.05) is 30.3 Å². The van der Waals surface area contributed by atoms with Crippen molar-refractivity contribution in [3.8, 4) is 0 Å². The number of amides is 1. The monoisotopic (exact) mass is 348 g/mol. The molecule has 4 rings (SSSR count). The van der Waals surface area contributed by atoms with E-state index in [9.17, 15) is 9.59 Å². The fraction of sp³-hybridized carbons (Fsp3) is 0.200. The zero-order chi connectivity index (χ0) is 18.1. The molecule has 0 atom stereocenters. The fourth-order valence-corrected chi connectivity index (χ4v) is 3.39.